The van der Waals surface area contributed by atoms with E-state index in [1.807, 2.05) is 0 Å². The van der Waals surface area contributed by atoms with Crippen LogP contribution >= 0.6 is 0 Å². The molecule has 1 saturated carbocycles. The Kier molecular flexibility index (Phi) is 3.73. The molecule has 73 valence electrons. The molecule has 0 aromatic heterocycles. The number of carbonyl (C=O) groups excluding carboxylic acids is 1. The number of hydrogen-bond donors (Lipinski definition) is 1. The number of carboxylic acid groups (broad SMARTS) is 1. The van der Waals surface area contributed by atoms with E-state index < -0.39 is 5.97 Å². The number of carboxylic acids is 1. The highest BCUT2D eigenvalue weighted by atomic mass is 16.4. The molecule has 1 rings (SSSR count). The van der Waals surface area contributed by atoms with Gasteiger partial charge >= 0.3 is 12.4 Å². The van der Waals surface area contributed by atoms with Crippen molar-refractivity contribution in [3.63, 3.8) is 0 Å². The Labute approximate surface area is 77.5 Å². The maximum absolute atomic E-state index is 10.5. The first-order valence-electron chi connectivity index (χ1n) is 4.60. The first kappa shape index (κ1) is 10.0. The number of rotatable bonds is 4. The molecule has 1 amide bonds. The van der Waals surface area contributed by atoms with Crippen LogP contribution in [0.3, 0.4) is 0 Å². The van der Waals surface area contributed by atoms with Crippen LogP contribution in [0.4, 0.5) is 0 Å². The minimum atomic E-state index is -0.964. The molecular formula is C9H14NO3. The van der Waals surface area contributed by atoms with Crippen LogP contribution in [0.1, 0.15) is 32.1 Å². The summed E-state index contributed by atoms with van der Waals surface area (Å²) in [6.45, 7) is -0.214. The first-order valence-corrected chi connectivity index (χ1v) is 4.60. The molecule has 0 atom stereocenters. The second-order valence-electron chi connectivity index (χ2n) is 3.40. The third kappa shape index (κ3) is 3.05. The molecule has 0 heterocycles. The summed E-state index contributed by atoms with van der Waals surface area (Å²) in [7, 11) is 0. The fraction of sp³-hybridized carbons (Fsp3) is 0.778. The number of carbonyl (C=O) groups is 1. The summed E-state index contributed by atoms with van der Waals surface area (Å²) in [6, 6.07) is 0.0994. The summed E-state index contributed by atoms with van der Waals surface area (Å²) in [5.41, 5.74) is 0. The fourth-order valence-corrected chi connectivity index (χ4v) is 1.77. The maximum atomic E-state index is 10.5. The molecule has 0 aliphatic heterocycles. The van der Waals surface area contributed by atoms with Crippen molar-refractivity contribution in [1.29, 1.82) is 0 Å². The molecule has 4 heteroatoms. The maximum Gasteiger partial charge on any atom is 0.323 e. The molecule has 13 heavy (non-hydrogen) atoms. The van der Waals surface area contributed by atoms with Gasteiger partial charge in [0.25, 0.3) is 0 Å². The standard InChI is InChI=1S/C9H14NO3/c11-7-10(6-9(12)13)8-4-2-1-3-5-8/h8H,1-6H2,(H,12,13). The lowest BCUT2D eigenvalue weighted by Gasteiger charge is -2.29. The van der Waals surface area contributed by atoms with Crippen molar-refractivity contribution >= 4 is 12.4 Å². The Balaban J connectivity index is 2.43. The summed E-state index contributed by atoms with van der Waals surface area (Å²) in [4.78, 5) is 22.1. The molecule has 0 aromatic rings. The lowest BCUT2D eigenvalue weighted by Crippen LogP contribution is -2.39. The highest BCUT2D eigenvalue weighted by Gasteiger charge is 2.21. The minimum Gasteiger partial charge on any atom is -0.480 e. The monoisotopic (exact) mass is 184 g/mol. The van der Waals surface area contributed by atoms with Crippen LogP contribution in [0.5, 0.6) is 0 Å². The van der Waals surface area contributed by atoms with E-state index in [2.05, 4.69) is 0 Å². The zero-order valence-corrected chi connectivity index (χ0v) is 7.53. The largest absolute Gasteiger partial charge is 0.480 e. The summed E-state index contributed by atoms with van der Waals surface area (Å²) < 4.78 is 0. The van der Waals surface area contributed by atoms with E-state index >= 15 is 0 Å². The second kappa shape index (κ2) is 4.84. The van der Waals surface area contributed by atoms with Gasteiger partial charge in [0.05, 0.1) is 0 Å². The Morgan fingerprint density at radius 2 is 2.00 bits per heavy atom. The molecule has 4 nitrogen and oxygen atoms in total. The van der Waals surface area contributed by atoms with Gasteiger partial charge in [-0.1, -0.05) is 19.3 Å². The fourth-order valence-electron chi connectivity index (χ4n) is 1.77. The second-order valence-corrected chi connectivity index (χ2v) is 3.40. The van der Waals surface area contributed by atoms with Crippen LogP contribution in [0.25, 0.3) is 0 Å². The van der Waals surface area contributed by atoms with Gasteiger partial charge in [0, 0.05) is 6.04 Å². The van der Waals surface area contributed by atoms with Crippen molar-refractivity contribution in [1.82, 2.24) is 4.90 Å². The van der Waals surface area contributed by atoms with Crippen molar-refractivity contribution in [3.05, 3.63) is 0 Å². The molecule has 0 unspecified atom stereocenters. The molecule has 1 aliphatic rings. The van der Waals surface area contributed by atoms with Gasteiger partial charge in [-0.2, -0.15) is 0 Å². The van der Waals surface area contributed by atoms with E-state index in [1.54, 1.807) is 6.41 Å². The van der Waals surface area contributed by atoms with Gasteiger partial charge in [0.2, 0.25) is 0 Å². The Morgan fingerprint density at radius 3 is 2.46 bits per heavy atom. The average Bonchev–Trinajstić information content (AvgIpc) is 2.15. The van der Waals surface area contributed by atoms with Gasteiger partial charge in [-0.05, 0) is 12.8 Å². The minimum absolute atomic E-state index is 0.0994. The molecule has 0 saturated heterocycles. The Bertz CT molecular complexity index is 187. The van der Waals surface area contributed by atoms with Gasteiger partial charge < -0.3 is 10.0 Å². The number of hydrogen-bond acceptors (Lipinski definition) is 2. The molecule has 1 fully saturated rings. The molecule has 1 N–H and O–H groups in total. The van der Waals surface area contributed by atoms with E-state index in [0.717, 1.165) is 25.7 Å². The molecular weight excluding hydrogens is 170 g/mol. The van der Waals surface area contributed by atoms with Crippen LogP contribution in [0.2, 0.25) is 0 Å². The Morgan fingerprint density at radius 1 is 1.38 bits per heavy atom. The summed E-state index contributed by atoms with van der Waals surface area (Å²) in [6.07, 6.45) is 6.91. The molecule has 0 aromatic carbocycles. The molecule has 1 aliphatic carbocycles. The van der Waals surface area contributed by atoms with Crippen molar-refractivity contribution in [2.75, 3.05) is 6.54 Å². The highest BCUT2D eigenvalue weighted by molar-refractivity contribution is 5.72. The lowest BCUT2D eigenvalue weighted by molar-refractivity contribution is -0.137. The van der Waals surface area contributed by atoms with E-state index in [4.69, 9.17) is 5.11 Å². The van der Waals surface area contributed by atoms with E-state index in [0.29, 0.717) is 0 Å². The number of nitrogens with zero attached hydrogens (tertiary/aromatic N) is 1. The highest BCUT2D eigenvalue weighted by Crippen LogP contribution is 2.21. The van der Waals surface area contributed by atoms with Crippen LogP contribution in [-0.4, -0.2) is 35.0 Å². The topological polar surface area (TPSA) is 57.6 Å². The van der Waals surface area contributed by atoms with Crippen LogP contribution in [-0.2, 0) is 9.59 Å². The van der Waals surface area contributed by atoms with Crippen LogP contribution < -0.4 is 0 Å². The quantitative estimate of drug-likeness (QED) is 0.656. The Hall–Kier alpha value is -1.06. The SMILES string of the molecule is O=[C]N(CC(=O)O)C1CCCCC1. The number of aliphatic carboxylic acids is 1. The van der Waals surface area contributed by atoms with Crippen molar-refractivity contribution < 1.29 is 14.7 Å². The van der Waals surface area contributed by atoms with Gasteiger partial charge in [-0.3, -0.25) is 9.59 Å². The zero-order valence-electron chi connectivity index (χ0n) is 7.53. The van der Waals surface area contributed by atoms with E-state index in [9.17, 15) is 9.59 Å². The zero-order chi connectivity index (χ0) is 9.68. The third-order valence-corrected chi connectivity index (χ3v) is 2.44. The predicted molar refractivity (Wildman–Crippen MR) is 46.9 cm³/mol. The average molecular weight is 184 g/mol. The van der Waals surface area contributed by atoms with Crippen molar-refractivity contribution in [2.24, 2.45) is 0 Å². The van der Waals surface area contributed by atoms with E-state index in [-0.39, 0.29) is 12.6 Å². The van der Waals surface area contributed by atoms with Crippen LogP contribution in [0.15, 0.2) is 0 Å². The summed E-state index contributed by atoms with van der Waals surface area (Å²) >= 11 is 0. The predicted octanol–water partition coefficient (Wildman–Crippen LogP) is 0.773. The van der Waals surface area contributed by atoms with Crippen molar-refractivity contribution in [2.45, 2.75) is 38.1 Å². The number of amides is 1. The van der Waals surface area contributed by atoms with Crippen molar-refractivity contribution in [3.8, 4) is 0 Å². The normalized spacial score (nSPS) is 18.2. The summed E-state index contributed by atoms with van der Waals surface area (Å²) in [5.74, 6) is -0.964. The molecule has 0 bridgehead atoms. The van der Waals surface area contributed by atoms with Gasteiger partial charge in [-0.25, -0.2) is 0 Å². The van der Waals surface area contributed by atoms with E-state index in [1.165, 1.54) is 11.3 Å². The third-order valence-electron chi connectivity index (χ3n) is 2.44. The molecule has 1 radical (unpaired) electrons. The molecule has 0 spiro atoms. The first-order chi connectivity index (χ1) is 6.24. The summed E-state index contributed by atoms with van der Waals surface area (Å²) in [5, 5.41) is 8.53. The lowest BCUT2D eigenvalue weighted by atomic mass is 9.94. The van der Waals surface area contributed by atoms with Crippen LogP contribution in [0, 0.1) is 0 Å². The van der Waals surface area contributed by atoms with Gasteiger partial charge in [0.15, 0.2) is 0 Å². The van der Waals surface area contributed by atoms with Gasteiger partial charge in [0.1, 0.15) is 6.54 Å². The van der Waals surface area contributed by atoms with Gasteiger partial charge in [-0.15, -0.1) is 0 Å². The smallest absolute Gasteiger partial charge is 0.323 e.